The smallest absolute Gasteiger partial charge is 0.227 e. The molecule has 0 bridgehead atoms. The molecule has 0 aliphatic rings. The molecular weight excluding hydrogens is 689 g/mol. The van der Waals surface area contributed by atoms with Crippen LogP contribution in [0.25, 0.3) is 112 Å². The second-order valence-corrected chi connectivity index (χ2v) is 13.9. The SMILES string of the molecule is c1ccc(-c2ccc(-c3nc(-c4ccc5ccccc5c4)nc(-c4cccc5c4oc4cc6nc(-c7ccc(-c8ccccc8)cc7)oc6cc45)n3)cc2)cc1. The fourth-order valence-corrected chi connectivity index (χ4v) is 7.48. The van der Waals surface area contributed by atoms with Crippen LogP contribution in [-0.4, -0.2) is 19.9 Å². The van der Waals surface area contributed by atoms with E-state index in [9.17, 15) is 0 Å². The van der Waals surface area contributed by atoms with E-state index in [1.807, 2.05) is 84.9 Å². The highest BCUT2D eigenvalue weighted by atomic mass is 16.4. The maximum absolute atomic E-state index is 6.66. The van der Waals surface area contributed by atoms with Gasteiger partial charge in [-0.3, -0.25) is 0 Å². The Hall–Kier alpha value is -7.70. The van der Waals surface area contributed by atoms with Gasteiger partial charge in [-0.25, -0.2) is 19.9 Å². The van der Waals surface area contributed by atoms with E-state index in [1.165, 1.54) is 5.56 Å². The van der Waals surface area contributed by atoms with Crippen molar-refractivity contribution in [2.24, 2.45) is 0 Å². The number of rotatable bonds is 6. The maximum atomic E-state index is 6.66. The highest BCUT2D eigenvalue weighted by Crippen LogP contribution is 2.39. The van der Waals surface area contributed by atoms with Crippen LogP contribution in [0.4, 0.5) is 0 Å². The van der Waals surface area contributed by atoms with Crippen LogP contribution in [0.2, 0.25) is 0 Å². The van der Waals surface area contributed by atoms with Crippen LogP contribution in [0, 0.1) is 0 Å². The van der Waals surface area contributed by atoms with E-state index < -0.39 is 0 Å². The lowest BCUT2D eigenvalue weighted by Gasteiger charge is -2.10. The van der Waals surface area contributed by atoms with Crippen molar-refractivity contribution in [3.63, 3.8) is 0 Å². The number of benzene rings is 8. The maximum Gasteiger partial charge on any atom is 0.227 e. The van der Waals surface area contributed by atoms with Crippen molar-refractivity contribution in [1.29, 1.82) is 0 Å². The second-order valence-electron chi connectivity index (χ2n) is 13.9. The van der Waals surface area contributed by atoms with Crippen molar-refractivity contribution in [1.82, 2.24) is 19.9 Å². The number of hydrogen-bond donors (Lipinski definition) is 0. The Labute approximate surface area is 321 Å². The first-order valence-corrected chi connectivity index (χ1v) is 18.5. The summed E-state index contributed by atoms with van der Waals surface area (Å²) in [6.45, 7) is 0. The zero-order valence-corrected chi connectivity index (χ0v) is 29.9. The molecule has 262 valence electrons. The summed E-state index contributed by atoms with van der Waals surface area (Å²) in [6.07, 6.45) is 0. The van der Waals surface area contributed by atoms with Gasteiger partial charge in [0.15, 0.2) is 23.1 Å². The first-order chi connectivity index (χ1) is 27.7. The third-order valence-electron chi connectivity index (χ3n) is 10.4. The molecule has 11 aromatic rings. The summed E-state index contributed by atoms with van der Waals surface area (Å²) >= 11 is 0. The van der Waals surface area contributed by atoms with E-state index in [4.69, 9.17) is 28.8 Å². The van der Waals surface area contributed by atoms with E-state index in [1.54, 1.807) is 0 Å². The third kappa shape index (κ3) is 5.60. The molecule has 0 saturated carbocycles. The van der Waals surface area contributed by atoms with Crippen molar-refractivity contribution in [2.45, 2.75) is 0 Å². The third-order valence-corrected chi connectivity index (χ3v) is 10.4. The molecule has 6 heteroatoms. The van der Waals surface area contributed by atoms with Crippen molar-refractivity contribution in [2.75, 3.05) is 0 Å². The number of para-hydroxylation sites is 1. The van der Waals surface area contributed by atoms with E-state index in [-0.39, 0.29) is 0 Å². The van der Waals surface area contributed by atoms with Gasteiger partial charge in [0.25, 0.3) is 0 Å². The summed E-state index contributed by atoms with van der Waals surface area (Å²) in [7, 11) is 0. The molecule has 0 aliphatic carbocycles. The number of furan rings is 1. The molecule has 3 heterocycles. The lowest BCUT2D eigenvalue weighted by Crippen LogP contribution is -2.00. The number of aromatic nitrogens is 4. The minimum Gasteiger partial charge on any atom is -0.455 e. The molecular formula is C50H30N4O2. The van der Waals surface area contributed by atoms with E-state index in [0.29, 0.717) is 40.1 Å². The molecule has 0 spiro atoms. The highest BCUT2D eigenvalue weighted by molar-refractivity contribution is 6.12. The van der Waals surface area contributed by atoms with Gasteiger partial charge in [0.05, 0.1) is 5.56 Å². The Morgan fingerprint density at radius 2 is 0.893 bits per heavy atom. The van der Waals surface area contributed by atoms with Crippen LogP contribution in [0.3, 0.4) is 0 Å². The van der Waals surface area contributed by atoms with Crippen LogP contribution < -0.4 is 0 Å². The van der Waals surface area contributed by atoms with Crippen molar-refractivity contribution in [3.8, 4) is 67.9 Å². The fourth-order valence-electron chi connectivity index (χ4n) is 7.48. The van der Waals surface area contributed by atoms with Crippen LogP contribution in [0.15, 0.2) is 191 Å². The van der Waals surface area contributed by atoms with Gasteiger partial charge in [-0.15, -0.1) is 0 Å². The molecule has 0 unspecified atom stereocenters. The van der Waals surface area contributed by atoms with Crippen LogP contribution in [0.1, 0.15) is 0 Å². The molecule has 0 fully saturated rings. The molecule has 11 rings (SSSR count). The van der Waals surface area contributed by atoms with E-state index in [0.717, 1.165) is 66.0 Å². The van der Waals surface area contributed by atoms with Gasteiger partial charge < -0.3 is 8.83 Å². The van der Waals surface area contributed by atoms with E-state index >= 15 is 0 Å². The standard InChI is InChI=1S/C50H30N4O2/c1-3-10-31(11-4-1)34-18-23-36(24-19-34)47-52-48(39-27-22-33-14-7-8-15-38(33)28-39)54-49(53-47)41-17-9-16-40-42-29-45-43(30-44(42)55-46(40)41)51-50(56-45)37-25-20-35(21-26-37)32-12-5-2-6-13-32/h1-30H. The molecule has 0 N–H and O–H groups in total. The fraction of sp³-hybridized carbons (Fsp3) is 0. The summed E-state index contributed by atoms with van der Waals surface area (Å²) in [5, 5.41) is 4.14. The molecule has 6 nitrogen and oxygen atoms in total. The summed E-state index contributed by atoms with van der Waals surface area (Å²) in [5.74, 6) is 2.25. The molecule has 56 heavy (non-hydrogen) atoms. The zero-order chi connectivity index (χ0) is 37.0. The number of fused-ring (bicyclic) bond motifs is 5. The monoisotopic (exact) mass is 718 g/mol. The molecule has 0 aliphatic heterocycles. The normalized spacial score (nSPS) is 11.6. The largest absolute Gasteiger partial charge is 0.455 e. The molecule has 0 atom stereocenters. The summed E-state index contributed by atoms with van der Waals surface area (Å²) in [5.41, 5.74) is 10.9. The van der Waals surface area contributed by atoms with E-state index in [2.05, 4.69) is 97.1 Å². The zero-order valence-electron chi connectivity index (χ0n) is 29.9. The van der Waals surface area contributed by atoms with Gasteiger partial charge >= 0.3 is 0 Å². The Morgan fingerprint density at radius 1 is 0.321 bits per heavy atom. The van der Waals surface area contributed by atoms with Gasteiger partial charge in [-0.1, -0.05) is 146 Å². The average Bonchev–Trinajstić information content (AvgIpc) is 3.86. The predicted octanol–water partition coefficient (Wildman–Crippen LogP) is 13.1. The molecule has 0 saturated heterocycles. The van der Waals surface area contributed by atoms with Gasteiger partial charge in [0.2, 0.25) is 5.89 Å². The average molecular weight is 719 g/mol. The quantitative estimate of drug-likeness (QED) is 0.170. The van der Waals surface area contributed by atoms with Crippen LogP contribution in [-0.2, 0) is 0 Å². The summed E-state index contributed by atoms with van der Waals surface area (Å²) in [4.78, 5) is 20.1. The minimum atomic E-state index is 0.526. The molecule has 0 amide bonds. The topological polar surface area (TPSA) is 77.8 Å². The van der Waals surface area contributed by atoms with Gasteiger partial charge in [0, 0.05) is 33.5 Å². The van der Waals surface area contributed by atoms with Gasteiger partial charge in [-0.2, -0.15) is 0 Å². The van der Waals surface area contributed by atoms with Crippen molar-refractivity contribution < 1.29 is 8.83 Å². The highest BCUT2D eigenvalue weighted by Gasteiger charge is 2.20. The number of hydrogen-bond acceptors (Lipinski definition) is 6. The van der Waals surface area contributed by atoms with Crippen LogP contribution >= 0.6 is 0 Å². The first-order valence-electron chi connectivity index (χ1n) is 18.5. The molecule has 0 radical (unpaired) electrons. The van der Waals surface area contributed by atoms with Crippen molar-refractivity contribution in [3.05, 3.63) is 182 Å². The number of oxazole rings is 1. The van der Waals surface area contributed by atoms with Crippen LogP contribution in [0.5, 0.6) is 0 Å². The number of nitrogens with zero attached hydrogens (tertiary/aromatic N) is 4. The molecule has 3 aromatic heterocycles. The lowest BCUT2D eigenvalue weighted by molar-refractivity contribution is 0.620. The Kier molecular flexibility index (Phi) is 7.38. The minimum absolute atomic E-state index is 0.526. The first kappa shape index (κ1) is 31.8. The van der Waals surface area contributed by atoms with Crippen molar-refractivity contribution >= 4 is 43.8 Å². The Balaban J connectivity index is 1.01. The summed E-state index contributed by atoms with van der Waals surface area (Å²) < 4.78 is 13.0. The molecule has 8 aromatic carbocycles. The van der Waals surface area contributed by atoms with Gasteiger partial charge in [-0.05, 0) is 63.4 Å². The Morgan fingerprint density at radius 3 is 1.61 bits per heavy atom. The van der Waals surface area contributed by atoms with Gasteiger partial charge in [0.1, 0.15) is 16.7 Å². The summed E-state index contributed by atoms with van der Waals surface area (Å²) in [6, 6.07) is 62.0. The predicted molar refractivity (Wildman–Crippen MR) is 225 cm³/mol. The Bertz CT molecular complexity index is 3220. The lowest BCUT2D eigenvalue weighted by atomic mass is 10.0. The second kappa shape index (κ2) is 13.0.